The normalized spacial score (nSPS) is 11.8. The fourth-order valence-electron chi connectivity index (χ4n) is 2.38. The Labute approximate surface area is 151 Å². The van der Waals surface area contributed by atoms with Crippen LogP contribution in [0.3, 0.4) is 0 Å². The van der Waals surface area contributed by atoms with Crippen LogP contribution in [-0.4, -0.2) is 28.2 Å². The first-order chi connectivity index (χ1) is 12.9. The Morgan fingerprint density at radius 3 is 2.37 bits per heavy atom. The number of esters is 1. The van der Waals surface area contributed by atoms with Crippen molar-refractivity contribution in [1.82, 2.24) is 10.2 Å². The molecule has 27 heavy (non-hydrogen) atoms. The number of hydrogen-bond acceptors (Lipinski definition) is 5. The lowest BCUT2D eigenvalue weighted by atomic mass is 10.1. The zero-order valence-electron chi connectivity index (χ0n) is 14.0. The zero-order chi connectivity index (χ0) is 19.6. The van der Waals surface area contributed by atoms with E-state index in [1.165, 1.54) is 19.1 Å². The first-order valence-corrected chi connectivity index (χ1v) is 7.81. The summed E-state index contributed by atoms with van der Waals surface area (Å²) in [6, 6.07) is 9.34. The number of ether oxygens (including phenoxy) is 1. The van der Waals surface area contributed by atoms with E-state index in [2.05, 4.69) is 10.2 Å². The highest BCUT2D eigenvalue weighted by atomic mass is 19.1. The highest BCUT2D eigenvalue weighted by Gasteiger charge is 2.23. The number of nitrogens with zero attached hydrogens (tertiary/aromatic N) is 1. The third-order valence-electron chi connectivity index (χ3n) is 3.75. The fraction of sp³-hybridized carbons (Fsp3) is 0.111. The summed E-state index contributed by atoms with van der Waals surface area (Å²) in [5.41, 5.74) is -1.32. The van der Waals surface area contributed by atoms with Gasteiger partial charge in [0, 0.05) is 5.39 Å². The van der Waals surface area contributed by atoms with Gasteiger partial charge in [0.05, 0.1) is 5.39 Å². The Hall–Kier alpha value is -3.62. The van der Waals surface area contributed by atoms with Gasteiger partial charge in [0.2, 0.25) is 0 Å². The standard InChI is InChI=1S/C18H13F2N3O4/c1-9(16(24)21-15-12(19)7-4-8-13(15)20)27-18(26)14-10-5-2-3-6-11(10)17(25)23-22-14/h2-9H,1H3,(H,21,24)(H,23,25). The maximum absolute atomic E-state index is 13.6. The van der Waals surface area contributed by atoms with Crippen LogP contribution in [-0.2, 0) is 9.53 Å². The Morgan fingerprint density at radius 2 is 1.70 bits per heavy atom. The van der Waals surface area contributed by atoms with Crippen LogP contribution in [0, 0.1) is 11.6 Å². The molecule has 0 radical (unpaired) electrons. The third kappa shape index (κ3) is 3.66. The van der Waals surface area contributed by atoms with Gasteiger partial charge in [0.1, 0.15) is 17.3 Å². The molecule has 3 aromatic rings. The minimum absolute atomic E-state index is 0.193. The van der Waals surface area contributed by atoms with Crippen LogP contribution >= 0.6 is 0 Å². The first kappa shape index (κ1) is 18.2. The number of H-pyrrole nitrogens is 1. The molecular weight excluding hydrogens is 360 g/mol. The Bertz CT molecular complexity index is 1080. The lowest BCUT2D eigenvalue weighted by Crippen LogP contribution is -2.31. The molecule has 1 unspecified atom stereocenters. The molecule has 1 amide bonds. The highest BCUT2D eigenvalue weighted by Crippen LogP contribution is 2.19. The fourth-order valence-corrected chi connectivity index (χ4v) is 2.38. The van der Waals surface area contributed by atoms with E-state index in [1.54, 1.807) is 12.1 Å². The van der Waals surface area contributed by atoms with Crippen LogP contribution in [0.4, 0.5) is 14.5 Å². The number of fused-ring (bicyclic) bond motifs is 1. The van der Waals surface area contributed by atoms with Crippen LogP contribution in [0.2, 0.25) is 0 Å². The number of carbonyl (C=O) groups is 2. The topological polar surface area (TPSA) is 101 Å². The molecule has 0 aliphatic heterocycles. The van der Waals surface area contributed by atoms with E-state index in [1.807, 2.05) is 5.32 Å². The van der Waals surface area contributed by atoms with Gasteiger partial charge in [0.25, 0.3) is 11.5 Å². The van der Waals surface area contributed by atoms with Crippen LogP contribution in [0.5, 0.6) is 0 Å². The number of hydrogen-bond donors (Lipinski definition) is 2. The number of anilines is 1. The molecule has 0 bridgehead atoms. The van der Waals surface area contributed by atoms with E-state index >= 15 is 0 Å². The summed E-state index contributed by atoms with van der Waals surface area (Å²) < 4.78 is 32.2. The molecule has 0 fully saturated rings. The van der Waals surface area contributed by atoms with Gasteiger partial charge in [-0.1, -0.05) is 24.3 Å². The molecule has 9 heteroatoms. The van der Waals surface area contributed by atoms with E-state index in [9.17, 15) is 23.2 Å². The molecule has 0 spiro atoms. The molecular formula is C18H13F2N3O4. The van der Waals surface area contributed by atoms with E-state index in [0.29, 0.717) is 0 Å². The second-order valence-electron chi connectivity index (χ2n) is 5.58. The van der Waals surface area contributed by atoms with Gasteiger partial charge in [-0.2, -0.15) is 5.10 Å². The molecule has 2 aromatic carbocycles. The summed E-state index contributed by atoms with van der Waals surface area (Å²) in [6.07, 6.45) is -1.37. The second kappa shape index (κ2) is 7.32. The second-order valence-corrected chi connectivity index (χ2v) is 5.58. The lowest BCUT2D eigenvalue weighted by Gasteiger charge is -2.14. The highest BCUT2D eigenvalue weighted by molar-refractivity contribution is 6.03. The van der Waals surface area contributed by atoms with Gasteiger partial charge in [-0.3, -0.25) is 9.59 Å². The molecule has 7 nitrogen and oxygen atoms in total. The number of para-hydroxylation sites is 1. The van der Waals surface area contributed by atoms with E-state index in [0.717, 1.165) is 18.2 Å². The largest absolute Gasteiger partial charge is 0.448 e. The number of aromatic amines is 1. The molecule has 1 atom stereocenters. The number of halogens is 2. The summed E-state index contributed by atoms with van der Waals surface area (Å²) in [7, 11) is 0. The summed E-state index contributed by atoms with van der Waals surface area (Å²) in [6.45, 7) is 1.24. The molecule has 1 aromatic heterocycles. The number of aromatic nitrogens is 2. The van der Waals surface area contributed by atoms with Crippen molar-refractivity contribution < 1.29 is 23.1 Å². The van der Waals surface area contributed by atoms with E-state index in [4.69, 9.17) is 4.74 Å². The molecule has 0 saturated carbocycles. The van der Waals surface area contributed by atoms with E-state index in [-0.39, 0.29) is 16.5 Å². The minimum Gasteiger partial charge on any atom is -0.448 e. The first-order valence-electron chi connectivity index (χ1n) is 7.81. The van der Waals surface area contributed by atoms with Crippen molar-refractivity contribution in [3.05, 3.63) is 70.1 Å². The Morgan fingerprint density at radius 1 is 1.07 bits per heavy atom. The predicted octanol–water partition coefficient (Wildman–Crippen LogP) is 2.39. The van der Waals surface area contributed by atoms with Crippen molar-refractivity contribution in [2.45, 2.75) is 13.0 Å². The number of rotatable bonds is 4. The van der Waals surface area contributed by atoms with Crippen molar-refractivity contribution >= 4 is 28.3 Å². The average Bonchev–Trinajstić information content (AvgIpc) is 2.65. The summed E-state index contributed by atoms with van der Waals surface area (Å²) >= 11 is 0. The van der Waals surface area contributed by atoms with Gasteiger partial charge in [-0.15, -0.1) is 0 Å². The predicted molar refractivity (Wildman–Crippen MR) is 92.2 cm³/mol. The molecule has 2 N–H and O–H groups in total. The average molecular weight is 373 g/mol. The molecule has 3 rings (SSSR count). The monoisotopic (exact) mass is 373 g/mol. The lowest BCUT2D eigenvalue weighted by molar-refractivity contribution is -0.123. The summed E-state index contributed by atoms with van der Waals surface area (Å²) in [5.74, 6) is -3.83. The van der Waals surface area contributed by atoms with Crippen molar-refractivity contribution in [3.63, 3.8) is 0 Å². The van der Waals surface area contributed by atoms with Crippen molar-refractivity contribution in [3.8, 4) is 0 Å². The molecule has 0 saturated heterocycles. The number of nitrogens with one attached hydrogen (secondary N) is 2. The van der Waals surface area contributed by atoms with Crippen molar-refractivity contribution in [2.24, 2.45) is 0 Å². The minimum atomic E-state index is -1.37. The molecule has 1 heterocycles. The maximum Gasteiger partial charge on any atom is 0.360 e. The van der Waals surface area contributed by atoms with E-state index < -0.39 is 40.9 Å². The zero-order valence-corrected chi connectivity index (χ0v) is 14.0. The third-order valence-corrected chi connectivity index (χ3v) is 3.75. The van der Waals surface area contributed by atoms with Crippen LogP contribution in [0.25, 0.3) is 10.8 Å². The Kier molecular flexibility index (Phi) is 4.93. The Balaban J connectivity index is 1.79. The molecule has 138 valence electrons. The van der Waals surface area contributed by atoms with Crippen molar-refractivity contribution in [1.29, 1.82) is 0 Å². The van der Waals surface area contributed by atoms with Gasteiger partial charge < -0.3 is 10.1 Å². The van der Waals surface area contributed by atoms with Crippen LogP contribution < -0.4 is 10.9 Å². The number of carbonyl (C=O) groups excluding carboxylic acids is 2. The van der Waals surface area contributed by atoms with Crippen LogP contribution in [0.1, 0.15) is 17.4 Å². The van der Waals surface area contributed by atoms with Gasteiger partial charge >= 0.3 is 5.97 Å². The smallest absolute Gasteiger partial charge is 0.360 e. The summed E-state index contributed by atoms with van der Waals surface area (Å²) in [5, 5.41) is 8.36. The molecule has 0 aliphatic rings. The van der Waals surface area contributed by atoms with Crippen LogP contribution in [0.15, 0.2) is 47.3 Å². The summed E-state index contributed by atoms with van der Waals surface area (Å²) in [4.78, 5) is 36.2. The maximum atomic E-state index is 13.6. The number of amides is 1. The van der Waals surface area contributed by atoms with Crippen molar-refractivity contribution in [2.75, 3.05) is 5.32 Å². The quantitative estimate of drug-likeness (QED) is 0.684. The van der Waals surface area contributed by atoms with Gasteiger partial charge in [-0.25, -0.2) is 18.7 Å². The number of benzene rings is 2. The SMILES string of the molecule is CC(OC(=O)c1n[nH]c(=O)c2ccccc12)C(=O)Nc1c(F)cccc1F. The molecule has 0 aliphatic carbocycles. The van der Waals surface area contributed by atoms with Gasteiger partial charge in [-0.05, 0) is 25.1 Å². The van der Waals surface area contributed by atoms with Gasteiger partial charge in [0.15, 0.2) is 11.8 Å².